The van der Waals surface area contributed by atoms with Crippen LogP contribution in [-0.4, -0.2) is 58.8 Å². The average molecular weight is 309 g/mol. The lowest BCUT2D eigenvalue weighted by molar-refractivity contribution is 0.0768. The van der Waals surface area contributed by atoms with E-state index in [1.807, 2.05) is 4.52 Å². The van der Waals surface area contributed by atoms with Crippen LogP contribution in [0.25, 0.3) is 4.96 Å². The summed E-state index contributed by atoms with van der Waals surface area (Å²) in [5.74, 6) is 1.41. The molecule has 8 heteroatoms. The van der Waals surface area contributed by atoms with Gasteiger partial charge in [-0.05, 0) is 12.8 Å². The molecule has 0 bridgehead atoms. The third kappa shape index (κ3) is 2.80. The molecule has 4 heterocycles. The van der Waals surface area contributed by atoms with E-state index in [4.69, 9.17) is 14.6 Å². The number of hydrogen-bond acceptors (Lipinski definition) is 7. The Morgan fingerprint density at radius 1 is 1.19 bits per heavy atom. The van der Waals surface area contributed by atoms with Gasteiger partial charge in [0, 0.05) is 38.1 Å². The van der Waals surface area contributed by atoms with E-state index in [9.17, 15) is 0 Å². The molecule has 0 amide bonds. The zero-order valence-electron chi connectivity index (χ0n) is 11.8. The topological polar surface area (TPSA) is 73.6 Å². The highest BCUT2D eigenvalue weighted by Gasteiger charge is 2.24. The van der Waals surface area contributed by atoms with Crippen LogP contribution in [0.5, 0.6) is 0 Å². The van der Waals surface area contributed by atoms with Gasteiger partial charge in [-0.2, -0.15) is 9.61 Å². The van der Waals surface area contributed by atoms with Gasteiger partial charge in [0.2, 0.25) is 4.96 Å². The van der Waals surface area contributed by atoms with Crippen LogP contribution < -0.4 is 5.32 Å². The standard InChI is InChI=1S/C13H19N5O2S/c1-4-19-5-2-9(1)12-15-16-13-18(12)17-11(21-13)7-10-8-20-6-3-14-10/h9-10,14H,1-8H2. The minimum atomic E-state index is 0.356. The largest absolute Gasteiger partial charge is 0.381 e. The van der Waals surface area contributed by atoms with Crippen LogP contribution in [0.15, 0.2) is 0 Å². The summed E-state index contributed by atoms with van der Waals surface area (Å²) in [6.45, 7) is 4.09. The summed E-state index contributed by atoms with van der Waals surface area (Å²) in [5.41, 5.74) is 0. The maximum atomic E-state index is 5.49. The summed E-state index contributed by atoms with van der Waals surface area (Å²) in [7, 11) is 0. The minimum Gasteiger partial charge on any atom is -0.381 e. The van der Waals surface area contributed by atoms with Gasteiger partial charge in [-0.15, -0.1) is 10.2 Å². The summed E-state index contributed by atoms with van der Waals surface area (Å²) in [6, 6.07) is 0.356. The van der Waals surface area contributed by atoms with Gasteiger partial charge in [-0.25, -0.2) is 0 Å². The van der Waals surface area contributed by atoms with Gasteiger partial charge in [-0.1, -0.05) is 11.3 Å². The Bertz CT molecular complexity index is 601. The van der Waals surface area contributed by atoms with E-state index in [0.29, 0.717) is 12.0 Å². The van der Waals surface area contributed by atoms with Gasteiger partial charge in [0.15, 0.2) is 5.82 Å². The molecule has 4 rings (SSSR count). The average Bonchev–Trinajstić information content (AvgIpc) is 3.09. The Morgan fingerprint density at radius 2 is 2.10 bits per heavy atom. The van der Waals surface area contributed by atoms with Crippen molar-refractivity contribution in [3.63, 3.8) is 0 Å². The Kier molecular flexibility index (Phi) is 3.85. The molecule has 0 spiro atoms. The first kappa shape index (κ1) is 13.6. The predicted molar refractivity (Wildman–Crippen MR) is 77.8 cm³/mol. The molecule has 7 nitrogen and oxygen atoms in total. The van der Waals surface area contributed by atoms with Crippen molar-refractivity contribution in [2.75, 3.05) is 33.0 Å². The molecule has 0 radical (unpaired) electrons. The second kappa shape index (κ2) is 5.96. The van der Waals surface area contributed by atoms with E-state index in [1.165, 1.54) is 0 Å². The number of nitrogens with one attached hydrogen (secondary N) is 1. The fraction of sp³-hybridized carbons (Fsp3) is 0.769. The second-order valence-electron chi connectivity index (χ2n) is 5.57. The van der Waals surface area contributed by atoms with Crippen LogP contribution in [0.2, 0.25) is 0 Å². The monoisotopic (exact) mass is 309 g/mol. The fourth-order valence-corrected chi connectivity index (χ4v) is 3.85. The molecule has 2 aliphatic heterocycles. The molecule has 114 valence electrons. The third-order valence-corrected chi connectivity index (χ3v) is 4.98. The van der Waals surface area contributed by atoms with Crippen LogP contribution in [0, 0.1) is 0 Å². The SMILES string of the molecule is C1COCC(Cc2nn3c(C4CCOCC4)nnc3s2)N1. The van der Waals surface area contributed by atoms with Crippen molar-refractivity contribution in [2.24, 2.45) is 0 Å². The van der Waals surface area contributed by atoms with Crippen LogP contribution in [0.1, 0.15) is 29.6 Å². The summed E-state index contributed by atoms with van der Waals surface area (Å²) < 4.78 is 12.8. The van der Waals surface area contributed by atoms with Gasteiger partial charge < -0.3 is 14.8 Å². The van der Waals surface area contributed by atoms with Crippen molar-refractivity contribution in [1.29, 1.82) is 0 Å². The Labute approximate surface area is 126 Å². The van der Waals surface area contributed by atoms with Gasteiger partial charge in [0.1, 0.15) is 5.01 Å². The molecule has 2 aliphatic rings. The molecule has 0 aliphatic carbocycles. The van der Waals surface area contributed by atoms with E-state index in [0.717, 1.165) is 68.0 Å². The highest BCUT2D eigenvalue weighted by molar-refractivity contribution is 7.16. The summed E-state index contributed by atoms with van der Waals surface area (Å²) in [6.07, 6.45) is 2.90. The third-order valence-electron chi connectivity index (χ3n) is 4.06. The smallest absolute Gasteiger partial charge is 0.234 e. The first-order valence-corrected chi connectivity index (χ1v) is 8.31. The van der Waals surface area contributed by atoms with Crippen molar-refractivity contribution in [3.05, 3.63) is 10.8 Å². The number of rotatable bonds is 3. The van der Waals surface area contributed by atoms with Crippen LogP contribution in [-0.2, 0) is 15.9 Å². The maximum absolute atomic E-state index is 5.49. The van der Waals surface area contributed by atoms with Gasteiger partial charge in [0.25, 0.3) is 0 Å². The zero-order chi connectivity index (χ0) is 14.1. The first-order chi connectivity index (χ1) is 10.4. The molecule has 1 atom stereocenters. The van der Waals surface area contributed by atoms with E-state index in [2.05, 4.69) is 15.5 Å². The normalized spacial score (nSPS) is 24.7. The molecule has 2 saturated heterocycles. The summed E-state index contributed by atoms with van der Waals surface area (Å²) >= 11 is 1.63. The Morgan fingerprint density at radius 3 is 2.90 bits per heavy atom. The van der Waals surface area contributed by atoms with Gasteiger partial charge in [-0.3, -0.25) is 0 Å². The lowest BCUT2D eigenvalue weighted by Gasteiger charge is -2.22. The van der Waals surface area contributed by atoms with E-state index >= 15 is 0 Å². The molecule has 2 aromatic rings. The van der Waals surface area contributed by atoms with Gasteiger partial charge in [0.05, 0.1) is 13.2 Å². The first-order valence-electron chi connectivity index (χ1n) is 7.50. The fourth-order valence-electron chi connectivity index (χ4n) is 2.93. The zero-order valence-corrected chi connectivity index (χ0v) is 12.6. The highest BCUT2D eigenvalue weighted by atomic mass is 32.1. The highest BCUT2D eigenvalue weighted by Crippen LogP contribution is 2.27. The molecule has 0 aromatic carbocycles. The second-order valence-corrected chi connectivity index (χ2v) is 6.61. The lowest BCUT2D eigenvalue weighted by atomic mass is 10.00. The molecule has 1 unspecified atom stereocenters. The quantitative estimate of drug-likeness (QED) is 0.895. The van der Waals surface area contributed by atoms with E-state index < -0.39 is 0 Å². The minimum absolute atomic E-state index is 0.356. The summed E-state index contributed by atoms with van der Waals surface area (Å²) in [5, 5.41) is 17.9. The number of nitrogens with zero attached hydrogens (tertiary/aromatic N) is 4. The van der Waals surface area contributed by atoms with Crippen molar-refractivity contribution in [1.82, 2.24) is 25.1 Å². The summed E-state index contributed by atoms with van der Waals surface area (Å²) in [4.78, 5) is 0.892. The number of fused-ring (bicyclic) bond motifs is 1. The van der Waals surface area contributed by atoms with Gasteiger partial charge >= 0.3 is 0 Å². The molecular formula is C13H19N5O2S. The Balaban J connectivity index is 1.53. The maximum Gasteiger partial charge on any atom is 0.234 e. The van der Waals surface area contributed by atoms with Crippen LogP contribution in [0.4, 0.5) is 0 Å². The Hall–Kier alpha value is -1.09. The molecule has 21 heavy (non-hydrogen) atoms. The van der Waals surface area contributed by atoms with E-state index in [-0.39, 0.29) is 0 Å². The van der Waals surface area contributed by atoms with Crippen molar-refractivity contribution in [2.45, 2.75) is 31.2 Å². The van der Waals surface area contributed by atoms with E-state index in [1.54, 1.807) is 11.3 Å². The molecular weight excluding hydrogens is 290 g/mol. The number of morpholine rings is 1. The number of hydrogen-bond donors (Lipinski definition) is 1. The molecule has 0 saturated carbocycles. The molecule has 2 fully saturated rings. The van der Waals surface area contributed by atoms with Crippen LogP contribution >= 0.6 is 11.3 Å². The van der Waals surface area contributed by atoms with Crippen molar-refractivity contribution < 1.29 is 9.47 Å². The van der Waals surface area contributed by atoms with Crippen molar-refractivity contribution in [3.8, 4) is 0 Å². The molecule has 2 aromatic heterocycles. The predicted octanol–water partition coefficient (Wildman–Crippen LogP) is 0.611. The number of aromatic nitrogens is 4. The van der Waals surface area contributed by atoms with Crippen molar-refractivity contribution >= 4 is 16.3 Å². The van der Waals surface area contributed by atoms with Crippen LogP contribution in [0.3, 0.4) is 0 Å². The molecule has 1 N–H and O–H groups in total. The lowest BCUT2D eigenvalue weighted by Crippen LogP contribution is -2.42. The number of ether oxygens (including phenoxy) is 2.